The van der Waals surface area contributed by atoms with E-state index in [1.807, 2.05) is 18.3 Å². The second kappa shape index (κ2) is 7.70. The van der Waals surface area contributed by atoms with Gasteiger partial charge in [-0.3, -0.25) is 4.98 Å². The SMILES string of the molecule is CCC(Cc1ccccc1)NCCc1ccccn1. The van der Waals surface area contributed by atoms with Crippen LogP contribution in [0.1, 0.15) is 24.6 Å². The molecule has 2 heteroatoms. The van der Waals surface area contributed by atoms with E-state index in [1.54, 1.807) is 0 Å². The zero-order valence-corrected chi connectivity index (χ0v) is 11.5. The fraction of sp³-hybridized carbons (Fsp3) is 0.353. The zero-order chi connectivity index (χ0) is 13.3. The van der Waals surface area contributed by atoms with E-state index < -0.39 is 0 Å². The summed E-state index contributed by atoms with van der Waals surface area (Å²) in [5.41, 5.74) is 2.56. The third kappa shape index (κ3) is 4.84. The third-order valence-electron chi connectivity index (χ3n) is 3.36. The normalized spacial score (nSPS) is 12.3. The van der Waals surface area contributed by atoms with Crippen molar-refractivity contribution in [2.45, 2.75) is 32.2 Å². The van der Waals surface area contributed by atoms with Crippen LogP contribution in [0.25, 0.3) is 0 Å². The summed E-state index contributed by atoms with van der Waals surface area (Å²) in [4.78, 5) is 4.35. The Morgan fingerprint density at radius 3 is 2.53 bits per heavy atom. The van der Waals surface area contributed by atoms with Crippen LogP contribution in [-0.2, 0) is 12.8 Å². The fourth-order valence-electron chi connectivity index (χ4n) is 2.21. The Morgan fingerprint density at radius 1 is 1.05 bits per heavy atom. The molecule has 0 aliphatic heterocycles. The number of nitrogens with one attached hydrogen (secondary N) is 1. The highest BCUT2D eigenvalue weighted by Crippen LogP contribution is 2.05. The Kier molecular flexibility index (Phi) is 5.57. The van der Waals surface area contributed by atoms with Gasteiger partial charge >= 0.3 is 0 Å². The van der Waals surface area contributed by atoms with E-state index in [0.29, 0.717) is 6.04 Å². The molecule has 0 radical (unpaired) electrons. The molecule has 0 saturated heterocycles. The molecule has 0 spiro atoms. The van der Waals surface area contributed by atoms with Crippen molar-refractivity contribution >= 4 is 0 Å². The molecule has 1 atom stereocenters. The van der Waals surface area contributed by atoms with Crippen molar-refractivity contribution in [3.8, 4) is 0 Å². The van der Waals surface area contributed by atoms with Crippen LogP contribution in [0, 0.1) is 0 Å². The predicted molar refractivity (Wildman–Crippen MR) is 80.2 cm³/mol. The van der Waals surface area contributed by atoms with Crippen LogP contribution >= 0.6 is 0 Å². The maximum atomic E-state index is 4.35. The molecule has 0 amide bonds. The van der Waals surface area contributed by atoms with Crippen LogP contribution < -0.4 is 5.32 Å². The van der Waals surface area contributed by atoms with E-state index in [2.05, 4.69) is 53.6 Å². The van der Waals surface area contributed by atoms with Gasteiger partial charge in [-0.25, -0.2) is 0 Å². The average molecular weight is 254 g/mol. The Bertz CT molecular complexity index is 453. The maximum absolute atomic E-state index is 4.35. The molecule has 0 bridgehead atoms. The molecule has 0 aliphatic rings. The van der Waals surface area contributed by atoms with Gasteiger partial charge in [0.1, 0.15) is 0 Å². The molecule has 0 aliphatic carbocycles. The van der Waals surface area contributed by atoms with Gasteiger partial charge in [0.15, 0.2) is 0 Å². The monoisotopic (exact) mass is 254 g/mol. The lowest BCUT2D eigenvalue weighted by Crippen LogP contribution is -2.32. The number of hydrogen-bond donors (Lipinski definition) is 1. The Hall–Kier alpha value is -1.67. The van der Waals surface area contributed by atoms with Gasteiger partial charge in [-0.2, -0.15) is 0 Å². The topological polar surface area (TPSA) is 24.9 Å². The van der Waals surface area contributed by atoms with E-state index in [-0.39, 0.29) is 0 Å². The molecule has 19 heavy (non-hydrogen) atoms. The van der Waals surface area contributed by atoms with Gasteiger partial charge in [0.2, 0.25) is 0 Å². The molecule has 1 heterocycles. The minimum absolute atomic E-state index is 0.547. The minimum atomic E-state index is 0.547. The van der Waals surface area contributed by atoms with Crippen LogP contribution in [0.15, 0.2) is 54.7 Å². The zero-order valence-electron chi connectivity index (χ0n) is 11.5. The van der Waals surface area contributed by atoms with Crippen LogP contribution in [0.4, 0.5) is 0 Å². The van der Waals surface area contributed by atoms with Crippen molar-refractivity contribution in [1.82, 2.24) is 10.3 Å². The summed E-state index contributed by atoms with van der Waals surface area (Å²) < 4.78 is 0. The Labute approximate surface area is 115 Å². The third-order valence-corrected chi connectivity index (χ3v) is 3.36. The smallest absolute Gasteiger partial charge is 0.0416 e. The summed E-state index contributed by atoms with van der Waals surface area (Å²) in [5.74, 6) is 0. The van der Waals surface area contributed by atoms with Gasteiger partial charge in [0.25, 0.3) is 0 Å². The first-order valence-corrected chi connectivity index (χ1v) is 7.05. The minimum Gasteiger partial charge on any atom is -0.313 e. The lowest BCUT2D eigenvalue weighted by Gasteiger charge is -2.17. The van der Waals surface area contributed by atoms with E-state index in [0.717, 1.165) is 31.5 Å². The first-order chi connectivity index (χ1) is 9.38. The summed E-state index contributed by atoms with van der Waals surface area (Å²) in [5, 5.41) is 3.63. The predicted octanol–water partition coefficient (Wildman–Crippen LogP) is 3.24. The first kappa shape index (κ1) is 13.8. The van der Waals surface area contributed by atoms with Gasteiger partial charge in [0.05, 0.1) is 0 Å². The van der Waals surface area contributed by atoms with Crippen molar-refractivity contribution < 1.29 is 0 Å². The second-order valence-electron chi connectivity index (χ2n) is 4.82. The van der Waals surface area contributed by atoms with Crippen molar-refractivity contribution in [1.29, 1.82) is 0 Å². The molecule has 2 nitrogen and oxygen atoms in total. The molecule has 0 saturated carbocycles. The van der Waals surface area contributed by atoms with E-state index in [1.165, 1.54) is 5.56 Å². The van der Waals surface area contributed by atoms with Crippen molar-refractivity contribution in [3.05, 3.63) is 66.0 Å². The number of rotatable bonds is 7. The van der Waals surface area contributed by atoms with E-state index >= 15 is 0 Å². The molecular weight excluding hydrogens is 232 g/mol. The van der Waals surface area contributed by atoms with Crippen LogP contribution in [0.5, 0.6) is 0 Å². The molecule has 0 fully saturated rings. The first-order valence-electron chi connectivity index (χ1n) is 7.05. The maximum Gasteiger partial charge on any atom is 0.0416 e. The van der Waals surface area contributed by atoms with Gasteiger partial charge in [-0.05, 0) is 30.5 Å². The standard InChI is InChI=1S/C17H22N2/c1-2-16(14-15-8-4-3-5-9-15)19-13-11-17-10-6-7-12-18-17/h3-10,12,16,19H,2,11,13-14H2,1H3. The number of benzene rings is 1. The highest BCUT2D eigenvalue weighted by Gasteiger charge is 2.06. The van der Waals surface area contributed by atoms with Crippen LogP contribution in [-0.4, -0.2) is 17.6 Å². The highest BCUT2D eigenvalue weighted by atomic mass is 14.9. The molecule has 2 rings (SSSR count). The van der Waals surface area contributed by atoms with Gasteiger partial charge in [-0.15, -0.1) is 0 Å². The molecule has 1 N–H and O–H groups in total. The molecule has 1 aromatic heterocycles. The number of pyridine rings is 1. The van der Waals surface area contributed by atoms with Crippen LogP contribution in [0.3, 0.4) is 0 Å². The van der Waals surface area contributed by atoms with Gasteiger partial charge < -0.3 is 5.32 Å². The van der Waals surface area contributed by atoms with Crippen molar-refractivity contribution in [2.24, 2.45) is 0 Å². The van der Waals surface area contributed by atoms with E-state index in [9.17, 15) is 0 Å². The molecule has 100 valence electrons. The van der Waals surface area contributed by atoms with E-state index in [4.69, 9.17) is 0 Å². The summed E-state index contributed by atoms with van der Waals surface area (Å²) in [6.07, 6.45) is 5.10. The largest absolute Gasteiger partial charge is 0.313 e. The number of aromatic nitrogens is 1. The number of nitrogens with zero attached hydrogens (tertiary/aromatic N) is 1. The summed E-state index contributed by atoms with van der Waals surface area (Å²) in [7, 11) is 0. The summed E-state index contributed by atoms with van der Waals surface area (Å²) >= 11 is 0. The molecule has 1 unspecified atom stereocenters. The highest BCUT2D eigenvalue weighted by molar-refractivity contribution is 5.15. The molecular formula is C17H22N2. The fourth-order valence-corrected chi connectivity index (χ4v) is 2.21. The van der Waals surface area contributed by atoms with Crippen LogP contribution in [0.2, 0.25) is 0 Å². The second-order valence-corrected chi connectivity index (χ2v) is 4.82. The molecule has 1 aromatic carbocycles. The van der Waals surface area contributed by atoms with Gasteiger partial charge in [0, 0.05) is 30.9 Å². The molecule has 2 aromatic rings. The number of hydrogen-bond acceptors (Lipinski definition) is 2. The van der Waals surface area contributed by atoms with Crippen molar-refractivity contribution in [3.63, 3.8) is 0 Å². The lowest BCUT2D eigenvalue weighted by molar-refractivity contribution is 0.497. The summed E-state index contributed by atoms with van der Waals surface area (Å²) in [6, 6.07) is 17.3. The lowest BCUT2D eigenvalue weighted by atomic mass is 10.0. The van der Waals surface area contributed by atoms with Gasteiger partial charge in [-0.1, -0.05) is 43.3 Å². The Morgan fingerprint density at radius 2 is 1.84 bits per heavy atom. The quantitative estimate of drug-likeness (QED) is 0.820. The average Bonchev–Trinajstić information content (AvgIpc) is 2.48. The Balaban J connectivity index is 1.77. The van der Waals surface area contributed by atoms with Crippen molar-refractivity contribution in [2.75, 3.05) is 6.54 Å². The summed E-state index contributed by atoms with van der Waals surface area (Å²) in [6.45, 7) is 3.23.